The van der Waals surface area contributed by atoms with Crippen molar-refractivity contribution in [2.75, 3.05) is 26.3 Å². The lowest BCUT2D eigenvalue weighted by molar-refractivity contribution is -0.175. The standard InChI is InChI=1S/C13H21F3N2O2/c14-13(15,16)8-20-4-3-12(19)18-6-9-1-2-11(17)5-10(9)7-18/h9-11H,1-8,17H2/t9-,10+,11?/m1/s1. The van der Waals surface area contributed by atoms with Crippen LogP contribution in [0.25, 0.3) is 0 Å². The predicted molar refractivity (Wildman–Crippen MR) is 66.9 cm³/mol. The molecule has 0 aromatic rings. The molecule has 1 aliphatic heterocycles. The second kappa shape index (κ2) is 6.30. The Morgan fingerprint density at radius 2 is 1.95 bits per heavy atom. The van der Waals surface area contributed by atoms with E-state index in [9.17, 15) is 18.0 Å². The molecule has 0 spiro atoms. The lowest BCUT2D eigenvalue weighted by Gasteiger charge is -2.27. The van der Waals surface area contributed by atoms with E-state index in [2.05, 4.69) is 4.74 Å². The van der Waals surface area contributed by atoms with E-state index in [0.717, 1.165) is 25.8 Å². The van der Waals surface area contributed by atoms with E-state index in [0.29, 0.717) is 18.4 Å². The number of fused-ring (bicyclic) bond motifs is 1. The van der Waals surface area contributed by atoms with Crippen molar-refractivity contribution in [2.45, 2.75) is 37.9 Å². The van der Waals surface area contributed by atoms with Gasteiger partial charge in [-0.2, -0.15) is 13.2 Å². The Morgan fingerprint density at radius 1 is 1.25 bits per heavy atom. The normalized spacial score (nSPS) is 30.4. The molecular formula is C13H21F3N2O2. The zero-order valence-electron chi connectivity index (χ0n) is 11.4. The maximum Gasteiger partial charge on any atom is 0.411 e. The first-order chi connectivity index (χ1) is 9.35. The SMILES string of the molecule is NC1CC[C@@H]2CN(C(=O)CCOCC(F)(F)F)C[C@@H]2C1. The number of carbonyl (C=O) groups is 1. The highest BCUT2D eigenvalue weighted by Gasteiger charge is 2.38. The van der Waals surface area contributed by atoms with Crippen LogP contribution in [0.1, 0.15) is 25.7 Å². The van der Waals surface area contributed by atoms with Gasteiger partial charge in [0.15, 0.2) is 0 Å². The molecular weight excluding hydrogens is 273 g/mol. The van der Waals surface area contributed by atoms with Gasteiger partial charge in [-0.15, -0.1) is 0 Å². The molecule has 1 heterocycles. The Labute approximate surface area is 116 Å². The first-order valence-corrected chi connectivity index (χ1v) is 7.03. The fourth-order valence-electron chi connectivity index (χ4n) is 3.18. The van der Waals surface area contributed by atoms with Crippen molar-refractivity contribution in [1.82, 2.24) is 4.90 Å². The zero-order chi connectivity index (χ0) is 14.8. The molecule has 4 nitrogen and oxygen atoms in total. The Morgan fingerprint density at radius 3 is 2.65 bits per heavy atom. The third-order valence-electron chi connectivity index (χ3n) is 4.17. The quantitative estimate of drug-likeness (QED) is 0.800. The topological polar surface area (TPSA) is 55.6 Å². The van der Waals surface area contributed by atoms with Gasteiger partial charge in [-0.3, -0.25) is 4.79 Å². The van der Waals surface area contributed by atoms with Gasteiger partial charge in [-0.1, -0.05) is 0 Å². The Balaban J connectivity index is 1.69. The van der Waals surface area contributed by atoms with Crippen molar-refractivity contribution in [3.05, 3.63) is 0 Å². The molecule has 116 valence electrons. The molecule has 1 unspecified atom stereocenters. The van der Waals surface area contributed by atoms with Crippen molar-refractivity contribution >= 4 is 5.91 Å². The molecule has 7 heteroatoms. The summed E-state index contributed by atoms with van der Waals surface area (Å²) < 4.78 is 40.1. The number of nitrogens with zero attached hydrogens (tertiary/aromatic N) is 1. The molecule has 0 radical (unpaired) electrons. The van der Waals surface area contributed by atoms with Gasteiger partial charge in [0.1, 0.15) is 6.61 Å². The van der Waals surface area contributed by atoms with Crippen LogP contribution in [0.5, 0.6) is 0 Å². The molecule has 1 aliphatic carbocycles. The molecule has 2 rings (SSSR count). The van der Waals surface area contributed by atoms with Crippen LogP contribution in [0.3, 0.4) is 0 Å². The maximum absolute atomic E-state index is 11.9. The van der Waals surface area contributed by atoms with Crippen molar-refractivity contribution in [3.8, 4) is 0 Å². The highest BCUT2D eigenvalue weighted by atomic mass is 19.4. The molecule has 20 heavy (non-hydrogen) atoms. The van der Waals surface area contributed by atoms with E-state index in [-0.39, 0.29) is 25.0 Å². The van der Waals surface area contributed by atoms with E-state index in [1.165, 1.54) is 0 Å². The lowest BCUT2D eigenvalue weighted by atomic mass is 9.79. The summed E-state index contributed by atoms with van der Waals surface area (Å²) in [7, 11) is 0. The van der Waals surface area contributed by atoms with Crippen LogP contribution in [0.2, 0.25) is 0 Å². The Hall–Kier alpha value is -0.820. The first kappa shape index (κ1) is 15.6. The van der Waals surface area contributed by atoms with Gasteiger partial charge in [-0.25, -0.2) is 0 Å². The largest absolute Gasteiger partial charge is 0.411 e. The summed E-state index contributed by atoms with van der Waals surface area (Å²) in [6.45, 7) is -0.0595. The summed E-state index contributed by atoms with van der Waals surface area (Å²) in [6, 6.07) is 0.224. The van der Waals surface area contributed by atoms with Crippen LogP contribution in [0, 0.1) is 11.8 Å². The minimum absolute atomic E-state index is 0.0154. The first-order valence-electron chi connectivity index (χ1n) is 7.03. The van der Waals surface area contributed by atoms with Crippen LogP contribution < -0.4 is 5.73 Å². The van der Waals surface area contributed by atoms with E-state index in [1.807, 2.05) is 0 Å². The van der Waals surface area contributed by atoms with E-state index in [4.69, 9.17) is 5.73 Å². The number of ether oxygens (including phenoxy) is 1. The molecule has 0 aromatic carbocycles. The van der Waals surface area contributed by atoms with Crippen molar-refractivity contribution in [3.63, 3.8) is 0 Å². The van der Waals surface area contributed by atoms with Crippen molar-refractivity contribution in [2.24, 2.45) is 17.6 Å². The second-order valence-corrected chi connectivity index (χ2v) is 5.81. The highest BCUT2D eigenvalue weighted by Crippen LogP contribution is 2.35. The number of halogens is 3. The molecule has 3 atom stereocenters. The lowest BCUT2D eigenvalue weighted by Crippen LogP contribution is -2.32. The van der Waals surface area contributed by atoms with Crippen LogP contribution in [0.15, 0.2) is 0 Å². The summed E-state index contributed by atoms with van der Waals surface area (Å²) in [5.41, 5.74) is 5.92. The van der Waals surface area contributed by atoms with Crippen molar-refractivity contribution in [1.29, 1.82) is 0 Å². The fraction of sp³-hybridized carbons (Fsp3) is 0.923. The number of carbonyl (C=O) groups excluding carboxylic acids is 1. The number of likely N-dealkylation sites (tertiary alicyclic amines) is 1. The smallest absolute Gasteiger partial charge is 0.372 e. The molecule has 0 bridgehead atoms. The summed E-state index contributed by atoms with van der Waals surface area (Å²) in [6.07, 6.45) is -1.33. The summed E-state index contributed by atoms with van der Waals surface area (Å²) in [4.78, 5) is 13.7. The number of hydrogen-bond acceptors (Lipinski definition) is 3. The second-order valence-electron chi connectivity index (χ2n) is 5.81. The van der Waals surface area contributed by atoms with Crippen LogP contribution in [-0.2, 0) is 9.53 Å². The minimum Gasteiger partial charge on any atom is -0.372 e. The third-order valence-corrected chi connectivity index (χ3v) is 4.17. The highest BCUT2D eigenvalue weighted by molar-refractivity contribution is 5.76. The van der Waals surface area contributed by atoms with Gasteiger partial charge in [-0.05, 0) is 31.1 Å². The van der Waals surface area contributed by atoms with Crippen LogP contribution in [-0.4, -0.2) is 49.3 Å². The number of nitrogens with two attached hydrogens (primary N) is 1. The molecule has 1 saturated heterocycles. The third kappa shape index (κ3) is 4.34. The van der Waals surface area contributed by atoms with Crippen molar-refractivity contribution < 1.29 is 22.7 Å². The predicted octanol–water partition coefficient (Wildman–Crippen LogP) is 1.54. The molecule has 1 saturated carbocycles. The average molecular weight is 294 g/mol. The van der Waals surface area contributed by atoms with E-state index >= 15 is 0 Å². The summed E-state index contributed by atoms with van der Waals surface area (Å²) in [5.74, 6) is 0.851. The number of amides is 1. The molecule has 1 amide bonds. The zero-order valence-corrected chi connectivity index (χ0v) is 11.4. The minimum atomic E-state index is -4.33. The van der Waals surface area contributed by atoms with Gasteiger partial charge in [0.05, 0.1) is 13.0 Å². The maximum atomic E-state index is 11.9. The van der Waals surface area contributed by atoms with E-state index < -0.39 is 12.8 Å². The summed E-state index contributed by atoms with van der Waals surface area (Å²) >= 11 is 0. The Bertz CT molecular complexity index is 349. The van der Waals surface area contributed by atoms with Gasteiger partial charge in [0.2, 0.25) is 5.91 Å². The molecule has 2 N–H and O–H groups in total. The number of rotatable bonds is 4. The monoisotopic (exact) mass is 294 g/mol. The van der Waals surface area contributed by atoms with Gasteiger partial charge in [0, 0.05) is 19.1 Å². The van der Waals surface area contributed by atoms with E-state index in [1.54, 1.807) is 4.90 Å². The van der Waals surface area contributed by atoms with Gasteiger partial charge < -0.3 is 15.4 Å². The van der Waals surface area contributed by atoms with Crippen LogP contribution in [0.4, 0.5) is 13.2 Å². The average Bonchev–Trinajstić information content (AvgIpc) is 2.76. The molecule has 2 fully saturated rings. The number of alkyl halides is 3. The molecule has 2 aliphatic rings. The Kier molecular flexibility index (Phi) is 4.90. The fourth-order valence-corrected chi connectivity index (χ4v) is 3.18. The number of hydrogen-bond donors (Lipinski definition) is 1. The summed E-state index contributed by atoms with van der Waals surface area (Å²) in [5, 5.41) is 0. The van der Waals surface area contributed by atoms with Crippen LogP contribution >= 0.6 is 0 Å². The van der Waals surface area contributed by atoms with Gasteiger partial charge in [0.25, 0.3) is 0 Å². The van der Waals surface area contributed by atoms with Gasteiger partial charge >= 0.3 is 6.18 Å². The molecule has 0 aromatic heterocycles.